The van der Waals surface area contributed by atoms with Gasteiger partial charge < -0.3 is 11.1 Å². The summed E-state index contributed by atoms with van der Waals surface area (Å²) in [6.07, 6.45) is 6.31. The van der Waals surface area contributed by atoms with Crippen LogP contribution in [0.15, 0.2) is 18.2 Å². The van der Waals surface area contributed by atoms with E-state index in [0.29, 0.717) is 22.2 Å². The first-order chi connectivity index (χ1) is 8.66. The maximum atomic E-state index is 12.0. The van der Waals surface area contributed by atoms with Gasteiger partial charge in [-0.2, -0.15) is 0 Å². The van der Waals surface area contributed by atoms with Crippen LogP contribution in [0.4, 0.5) is 5.69 Å². The minimum absolute atomic E-state index is 0.127. The number of carbonyl (C=O) groups excluding carboxylic acids is 1. The van der Waals surface area contributed by atoms with Crippen LogP contribution in [-0.2, 0) is 0 Å². The number of anilines is 1. The molecule has 1 aliphatic rings. The van der Waals surface area contributed by atoms with E-state index in [9.17, 15) is 4.79 Å². The first kappa shape index (κ1) is 13.2. The molecule has 0 atom stereocenters. The van der Waals surface area contributed by atoms with Crippen LogP contribution in [0.3, 0.4) is 0 Å². The number of amides is 1. The summed E-state index contributed by atoms with van der Waals surface area (Å²) >= 11 is 6.00. The summed E-state index contributed by atoms with van der Waals surface area (Å²) in [4.78, 5) is 12.0. The Morgan fingerprint density at radius 3 is 2.78 bits per heavy atom. The van der Waals surface area contributed by atoms with Crippen molar-refractivity contribution in [1.82, 2.24) is 5.32 Å². The van der Waals surface area contributed by atoms with Crippen LogP contribution in [0.25, 0.3) is 0 Å². The molecule has 1 fully saturated rings. The lowest BCUT2D eigenvalue weighted by molar-refractivity contribution is 0.0944. The summed E-state index contributed by atoms with van der Waals surface area (Å²) in [7, 11) is 0. The summed E-state index contributed by atoms with van der Waals surface area (Å²) in [5.41, 5.74) is 6.69. The van der Waals surface area contributed by atoms with Crippen molar-refractivity contribution in [3.63, 3.8) is 0 Å². The molecule has 2 rings (SSSR count). The summed E-state index contributed by atoms with van der Waals surface area (Å²) in [6.45, 7) is 0.740. The molecule has 98 valence electrons. The van der Waals surface area contributed by atoms with Crippen LogP contribution in [0.5, 0.6) is 0 Å². The lowest BCUT2D eigenvalue weighted by Gasteiger charge is -2.21. The van der Waals surface area contributed by atoms with E-state index in [2.05, 4.69) is 5.32 Å². The SMILES string of the molecule is Nc1ccc(Cl)c(C(=O)NCC2CCCCC2)c1. The molecular formula is C14H19ClN2O. The molecule has 0 bridgehead atoms. The zero-order valence-electron chi connectivity index (χ0n) is 10.4. The fraction of sp³-hybridized carbons (Fsp3) is 0.500. The lowest BCUT2D eigenvalue weighted by atomic mass is 9.89. The van der Waals surface area contributed by atoms with Crippen molar-refractivity contribution in [3.8, 4) is 0 Å². The molecule has 1 amide bonds. The van der Waals surface area contributed by atoms with Gasteiger partial charge in [0.1, 0.15) is 0 Å². The third-order valence-corrected chi connectivity index (χ3v) is 3.84. The summed E-state index contributed by atoms with van der Waals surface area (Å²) in [5, 5.41) is 3.41. The normalized spacial score (nSPS) is 16.5. The molecule has 0 heterocycles. The van der Waals surface area contributed by atoms with E-state index in [1.165, 1.54) is 32.1 Å². The number of rotatable bonds is 3. The number of nitrogens with two attached hydrogens (primary N) is 1. The second-order valence-electron chi connectivity index (χ2n) is 4.95. The Morgan fingerprint density at radius 1 is 1.33 bits per heavy atom. The monoisotopic (exact) mass is 266 g/mol. The molecule has 3 N–H and O–H groups in total. The number of carbonyl (C=O) groups is 1. The van der Waals surface area contributed by atoms with Gasteiger partial charge in [-0.25, -0.2) is 0 Å². The topological polar surface area (TPSA) is 55.1 Å². The molecular weight excluding hydrogens is 248 g/mol. The Labute approximate surface area is 113 Å². The molecule has 0 unspecified atom stereocenters. The van der Waals surface area contributed by atoms with E-state index >= 15 is 0 Å². The smallest absolute Gasteiger partial charge is 0.252 e. The summed E-state index contributed by atoms with van der Waals surface area (Å²) in [5.74, 6) is 0.486. The highest BCUT2D eigenvalue weighted by Crippen LogP contribution is 2.23. The van der Waals surface area contributed by atoms with Crippen molar-refractivity contribution >= 4 is 23.2 Å². The van der Waals surface area contributed by atoms with Crippen LogP contribution in [0.2, 0.25) is 5.02 Å². The molecule has 3 nitrogen and oxygen atoms in total. The largest absolute Gasteiger partial charge is 0.399 e. The van der Waals surface area contributed by atoms with Crippen molar-refractivity contribution in [2.45, 2.75) is 32.1 Å². The fourth-order valence-corrected chi connectivity index (χ4v) is 2.64. The highest BCUT2D eigenvalue weighted by atomic mass is 35.5. The molecule has 1 aromatic carbocycles. The number of benzene rings is 1. The van der Waals surface area contributed by atoms with Crippen molar-refractivity contribution in [1.29, 1.82) is 0 Å². The van der Waals surface area contributed by atoms with Crippen LogP contribution in [0.1, 0.15) is 42.5 Å². The molecule has 1 aliphatic carbocycles. The van der Waals surface area contributed by atoms with Gasteiger partial charge in [0.05, 0.1) is 10.6 Å². The molecule has 18 heavy (non-hydrogen) atoms. The molecule has 0 aromatic heterocycles. The van der Waals surface area contributed by atoms with Gasteiger partial charge in [-0.3, -0.25) is 4.79 Å². The molecule has 1 aromatic rings. The van der Waals surface area contributed by atoms with Gasteiger partial charge in [-0.05, 0) is 37.0 Å². The highest BCUT2D eigenvalue weighted by molar-refractivity contribution is 6.34. The maximum Gasteiger partial charge on any atom is 0.252 e. The van der Waals surface area contributed by atoms with Crippen LogP contribution in [0, 0.1) is 5.92 Å². The Balaban J connectivity index is 1.92. The van der Waals surface area contributed by atoms with E-state index in [1.807, 2.05) is 0 Å². The van der Waals surface area contributed by atoms with Crippen molar-refractivity contribution in [2.24, 2.45) is 5.92 Å². The lowest BCUT2D eigenvalue weighted by Crippen LogP contribution is -2.30. The van der Waals surface area contributed by atoms with Crippen LogP contribution in [-0.4, -0.2) is 12.5 Å². The fourth-order valence-electron chi connectivity index (χ4n) is 2.44. The number of hydrogen-bond donors (Lipinski definition) is 2. The zero-order valence-corrected chi connectivity index (χ0v) is 11.2. The van der Waals surface area contributed by atoms with Gasteiger partial charge in [0.2, 0.25) is 0 Å². The number of nitrogen functional groups attached to an aromatic ring is 1. The predicted octanol–water partition coefficient (Wildman–Crippen LogP) is 3.23. The number of hydrogen-bond acceptors (Lipinski definition) is 2. The minimum atomic E-state index is -0.127. The third kappa shape index (κ3) is 3.39. The molecule has 1 saturated carbocycles. The van der Waals surface area contributed by atoms with Crippen molar-refractivity contribution < 1.29 is 4.79 Å². The predicted molar refractivity (Wildman–Crippen MR) is 74.8 cm³/mol. The first-order valence-electron chi connectivity index (χ1n) is 6.50. The highest BCUT2D eigenvalue weighted by Gasteiger charge is 2.16. The van der Waals surface area contributed by atoms with E-state index < -0.39 is 0 Å². The van der Waals surface area contributed by atoms with Gasteiger partial charge in [-0.15, -0.1) is 0 Å². The van der Waals surface area contributed by atoms with Gasteiger partial charge in [0, 0.05) is 12.2 Å². The molecule has 0 radical (unpaired) electrons. The van der Waals surface area contributed by atoms with E-state index in [1.54, 1.807) is 18.2 Å². The van der Waals surface area contributed by atoms with Crippen molar-refractivity contribution in [3.05, 3.63) is 28.8 Å². The average molecular weight is 267 g/mol. The zero-order chi connectivity index (χ0) is 13.0. The van der Waals surface area contributed by atoms with Crippen LogP contribution >= 0.6 is 11.6 Å². The standard InChI is InChI=1S/C14H19ClN2O/c15-13-7-6-11(16)8-12(13)14(18)17-9-10-4-2-1-3-5-10/h6-8,10H,1-5,9,16H2,(H,17,18). The first-order valence-corrected chi connectivity index (χ1v) is 6.88. The Bertz CT molecular complexity index is 428. The maximum absolute atomic E-state index is 12.0. The molecule has 4 heteroatoms. The second-order valence-corrected chi connectivity index (χ2v) is 5.36. The summed E-state index contributed by atoms with van der Waals surface area (Å²) < 4.78 is 0. The molecule has 0 saturated heterocycles. The van der Waals surface area contributed by atoms with Gasteiger partial charge in [0.25, 0.3) is 5.91 Å². The minimum Gasteiger partial charge on any atom is -0.399 e. The average Bonchev–Trinajstić information content (AvgIpc) is 2.40. The Hall–Kier alpha value is -1.22. The Kier molecular flexibility index (Phi) is 4.48. The number of nitrogens with one attached hydrogen (secondary N) is 1. The Morgan fingerprint density at radius 2 is 2.06 bits per heavy atom. The summed E-state index contributed by atoms with van der Waals surface area (Å²) in [6, 6.07) is 4.98. The van der Waals surface area contributed by atoms with Crippen molar-refractivity contribution in [2.75, 3.05) is 12.3 Å². The molecule has 0 aliphatic heterocycles. The third-order valence-electron chi connectivity index (χ3n) is 3.51. The van der Waals surface area contributed by atoms with Gasteiger partial charge in [0.15, 0.2) is 0 Å². The quantitative estimate of drug-likeness (QED) is 0.826. The van der Waals surface area contributed by atoms with E-state index in [4.69, 9.17) is 17.3 Å². The van der Waals surface area contributed by atoms with E-state index in [0.717, 1.165) is 6.54 Å². The van der Waals surface area contributed by atoms with Crippen LogP contribution < -0.4 is 11.1 Å². The van der Waals surface area contributed by atoms with Gasteiger partial charge in [-0.1, -0.05) is 30.9 Å². The van der Waals surface area contributed by atoms with E-state index in [-0.39, 0.29) is 5.91 Å². The second kappa shape index (κ2) is 6.10. The number of halogens is 1. The molecule has 0 spiro atoms. The van der Waals surface area contributed by atoms with Gasteiger partial charge >= 0.3 is 0 Å².